The van der Waals surface area contributed by atoms with E-state index in [0.29, 0.717) is 0 Å². The van der Waals surface area contributed by atoms with Gasteiger partial charge in [-0.3, -0.25) is 0 Å². The quantitative estimate of drug-likeness (QED) is 0.380. The SMILES string of the molecule is [CH2]=[Zr]([CH3])([CH3])([c]1c[nH]c2ccccc12)([CH]1C=Cc2ccccc21)([C](C)(C)C)[C](C)(C)C. The molecule has 0 radical (unpaired) electrons. The molecule has 4 rings (SSSR count). The van der Waals surface area contributed by atoms with Crippen LogP contribution in [0.3, 0.4) is 0 Å². The Morgan fingerprint density at radius 3 is 2.03 bits per heavy atom. The molecule has 1 nitrogen and oxygen atoms in total. The van der Waals surface area contributed by atoms with Gasteiger partial charge >= 0.3 is 177 Å². The fraction of sp³-hybridized carbons (Fsp3) is 0.393. The van der Waals surface area contributed by atoms with Crippen molar-refractivity contribution >= 4 is 24.5 Å². The number of nitrogens with one attached hydrogen (secondary N) is 1. The summed E-state index contributed by atoms with van der Waals surface area (Å²) in [6, 6.07) is 17.8. The predicted octanol–water partition coefficient (Wildman–Crippen LogP) is 8.29. The van der Waals surface area contributed by atoms with E-state index < -0.39 is 15.3 Å². The molecule has 0 saturated heterocycles. The van der Waals surface area contributed by atoms with Gasteiger partial charge in [0.05, 0.1) is 0 Å². The van der Waals surface area contributed by atoms with Gasteiger partial charge in [-0.15, -0.1) is 0 Å². The summed E-state index contributed by atoms with van der Waals surface area (Å²) in [4.78, 5) is 3.64. The summed E-state index contributed by atoms with van der Waals surface area (Å²) in [6.07, 6.45) is 7.17. The Morgan fingerprint density at radius 2 is 1.40 bits per heavy atom. The minimum atomic E-state index is -5.40. The number of H-pyrrole nitrogens is 1. The number of hydrogen-bond acceptors (Lipinski definition) is 0. The Hall–Kier alpha value is -1.53. The first kappa shape index (κ1) is 21.7. The Balaban J connectivity index is 2.40. The molecule has 160 valence electrons. The van der Waals surface area contributed by atoms with E-state index in [1.807, 2.05) is 0 Å². The molecule has 2 heteroatoms. The third-order valence-electron chi connectivity index (χ3n) is 12.3. The van der Waals surface area contributed by atoms with E-state index in [4.69, 9.17) is 4.21 Å². The van der Waals surface area contributed by atoms with Crippen molar-refractivity contribution in [2.45, 2.75) is 60.7 Å². The van der Waals surface area contributed by atoms with Gasteiger partial charge in [0.2, 0.25) is 0 Å². The molecule has 3 aromatic rings. The van der Waals surface area contributed by atoms with Crippen molar-refractivity contribution in [3.05, 3.63) is 71.9 Å². The van der Waals surface area contributed by atoms with Crippen LogP contribution < -0.4 is 3.27 Å². The van der Waals surface area contributed by atoms with E-state index in [2.05, 4.69) is 123 Å². The standard InChI is InChI=1S/C9H7.C8H6N.2C4H9.2CH3.CH2.Zr/c1-2-5-9-7-3-6-8(9)4-1;1-2-4-8-7(3-1)5-6-9-8;2*1-4(2)3;;;;/h1-7H;1-4,6,9H;2*1-3H3;2*1H3;1H2;. The molecule has 0 fully saturated rings. The van der Waals surface area contributed by atoms with E-state index in [1.54, 1.807) is 0 Å². The molecule has 2 aromatic carbocycles. The van der Waals surface area contributed by atoms with Crippen LogP contribution in [0.25, 0.3) is 17.0 Å². The van der Waals surface area contributed by atoms with E-state index in [1.165, 1.54) is 25.3 Å². The molecule has 0 spiro atoms. The van der Waals surface area contributed by atoms with Gasteiger partial charge in [0.1, 0.15) is 0 Å². The average Bonchev–Trinajstić information content (AvgIpc) is 3.26. The fourth-order valence-electron chi connectivity index (χ4n) is 7.30. The summed E-state index contributed by atoms with van der Waals surface area (Å²) in [5, 5.41) is 1.34. The second kappa shape index (κ2) is 5.10. The average molecular weight is 481 g/mol. The van der Waals surface area contributed by atoms with Crippen LogP contribution in [0.5, 0.6) is 0 Å². The summed E-state index contributed by atoms with van der Waals surface area (Å²) in [6.45, 7) is 14.8. The third kappa shape index (κ3) is 1.77. The maximum atomic E-state index is 5.70. The van der Waals surface area contributed by atoms with Crippen LogP contribution in [0.2, 0.25) is 15.5 Å². The summed E-state index contributed by atoms with van der Waals surface area (Å²) < 4.78 is 12.6. The molecule has 1 aliphatic rings. The zero-order chi connectivity index (χ0) is 22.3. The van der Waals surface area contributed by atoms with Gasteiger partial charge in [-0.05, 0) is 0 Å². The summed E-state index contributed by atoms with van der Waals surface area (Å²) in [5.74, 6) is 0. The first-order valence-corrected chi connectivity index (χ1v) is 23.1. The topological polar surface area (TPSA) is 15.8 Å². The summed E-state index contributed by atoms with van der Waals surface area (Å²) >= 11 is -5.40. The number of fused-ring (bicyclic) bond motifs is 2. The number of aromatic amines is 1. The van der Waals surface area contributed by atoms with Gasteiger partial charge in [-0.25, -0.2) is 0 Å². The van der Waals surface area contributed by atoms with Gasteiger partial charge in [0.25, 0.3) is 0 Å². The third-order valence-corrected chi connectivity index (χ3v) is 58.2. The number of allylic oxidation sites excluding steroid dienone is 1. The van der Waals surface area contributed by atoms with Gasteiger partial charge in [-0.1, -0.05) is 0 Å². The molecule has 0 aliphatic heterocycles. The van der Waals surface area contributed by atoms with Crippen LogP contribution in [-0.4, -0.2) is 9.20 Å². The van der Waals surface area contributed by atoms with Crippen LogP contribution in [0, 0.1) is 0 Å². The molecule has 0 amide bonds. The molecule has 1 heterocycles. The monoisotopic (exact) mass is 479 g/mol. The van der Waals surface area contributed by atoms with Crippen molar-refractivity contribution in [3.8, 4) is 0 Å². The molecule has 1 unspecified atom stereocenters. The minimum absolute atomic E-state index is 0.0490. The molecule has 0 bridgehead atoms. The Bertz CT molecular complexity index is 1320. The molecule has 1 aliphatic carbocycles. The van der Waals surface area contributed by atoms with Crippen LogP contribution >= 0.6 is 0 Å². The number of para-hydroxylation sites is 1. The van der Waals surface area contributed by atoms with E-state index >= 15 is 0 Å². The first-order chi connectivity index (χ1) is 13.5. The van der Waals surface area contributed by atoms with Gasteiger partial charge < -0.3 is 0 Å². The van der Waals surface area contributed by atoms with Crippen molar-refractivity contribution in [2.75, 3.05) is 0 Å². The Kier molecular flexibility index (Phi) is 3.68. The first-order valence-electron chi connectivity index (χ1n) is 11.4. The maximum absolute atomic E-state index is 5.70. The van der Waals surface area contributed by atoms with Crippen LogP contribution in [0.4, 0.5) is 0 Å². The number of rotatable bonds is 2. The Morgan fingerprint density at radius 1 is 0.833 bits per heavy atom. The van der Waals surface area contributed by atoms with E-state index in [-0.39, 0.29) is 9.87 Å². The van der Waals surface area contributed by atoms with Gasteiger partial charge in [0, 0.05) is 0 Å². The summed E-state index contributed by atoms with van der Waals surface area (Å²) in [7, 11) is 0. The second-order valence-corrected chi connectivity index (χ2v) is 48.0. The summed E-state index contributed by atoms with van der Waals surface area (Å²) in [5.41, 5.74) is 3.99. The van der Waals surface area contributed by atoms with Crippen molar-refractivity contribution in [1.82, 2.24) is 4.98 Å². The van der Waals surface area contributed by atoms with E-state index in [0.717, 1.165) is 0 Å². The molecule has 1 atom stereocenters. The van der Waals surface area contributed by atoms with Gasteiger partial charge in [-0.2, -0.15) is 0 Å². The molecule has 0 saturated carbocycles. The van der Waals surface area contributed by atoms with Crippen LogP contribution in [-0.2, 0) is 15.3 Å². The van der Waals surface area contributed by atoms with Crippen molar-refractivity contribution < 1.29 is 15.3 Å². The Labute approximate surface area is 176 Å². The normalized spacial score (nSPS) is 20.9. The fourth-order valence-corrected chi connectivity index (χ4v) is 33.4. The number of aromatic nitrogens is 1. The van der Waals surface area contributed by atoms with Gasteiger partial charge in [0.15, 0.2) is 0 Å². The number of hydrogen-bond donors (Lipinski definition) is 1. The molecular weight excluding hydrogens is 442 g/mol. The zero-order valence-electron chi connectivity index (χ0n) is 20.1. The van der Waals surface area contributed by atoms with Crippen LogP contribution in [0.1, 0.15) is 56.3 Å². The van der Waals surface area contributed by atoms with Crippen molar-refractivity contribution in [1.29, 1.82) is 0 Å². The molecule has 1 aromatic heterocycles. The molecule has 30 heavy (non-hydrogen) atoms. The molecule has 1 N–H and O–H groups in total. The number of benzene rings is 2. The van der Waals surface area contributed by atoms with E-state index in [9.17, 15) is 0 Å². The molecular formula is C28H39NZr. The van der Waals surface area contributed by atoms with Crippen molar-refractivity contribution in [2.24, 2.45) is 0 Å². The predicted molar refractivity (Wildman–Crippen MR) is 134 cm³/mol. The second-order valence-electron chi connectivity index (χ2n) is 14.0. The van der Waals surface area contributed by atoms with Crippen LogP contribution in [0.15, 0.2) is 60.8 Å². The zero-order valence-corrected chi connectivity index (χ0v) is 22.6. The van der Waals surface area contributed by atoms with Crippen molar-refractivity contribution in [3.63, 3.8) is 0 Å².